The van der Waals surface area contributed by atoms with Crippen molar-refractivity contribution in [1.82, 2.24) is 4.98 Å². The van der Waals surface area contributed by atoms with Crippen LogP contribution in [-0.2, 0) is 14.3 Å². The molecule has 0 aromatic carbocycles. The Morgan fingerprint density at radius 1 is 1.26 bits per heavy atom. The van der Waals surface area contributed by atoms with Crippen molar-refractivity contribution >= 4 is 23.3 Å². The number of hydrogen-bond acceptors (Lipinski definition) is 5. The van der Waals surface area contributed by atoms with Crippen molar-refractivity contribution in [2.45, 2.75) is 20.8 Å². The lowest BCUT2D eigenvalue weighted by Gasteiger charge is -2.18. The lowest BCUT2D eigenvalue weighted by molar-refractivity contribution is -0.135. The topological polar surface area (TPSA) is 85.4 Å². The maximum atomic E-state index is 11.9. The second-order valence-corrected chi connectivity index (χ2v) is 4.95. The van der Waals surface area contributed by atoms with Crippen molar-refractivity contribution in [1.29, 1.82) is 0 Å². The van der Waals surface area contributed by atoms with E-state index in [0.717, 1.165) is 7.11 Å². The Bertz CT molecular complexity index is 518. The van der Waals surface area contributed by atoms with Crippen LogP contribution in [0.15, 0.2) is 18.5 Å². The molecule has 102 valence electrons. The van der Waals surface area contributed by atoms with Crippen LogP contribution in [0.25, 0.3) is 0 Å². The SMILES string of the molecule is COC(=O)C(=O)c1cnccc1NC(=O)C(C)(C)C. The molecule has 0 aliphatic carbocycles. The van der Waals surface area contributed by atoms with Crippen molar-refractivity contribution in [3.63, 3.8) is 0 Å². The number of methoxy groups -OCH3 is 1. The molecule has 0 saturated heterocycles. The molecule has 0 unspecified atom stereocenters. The highest BCUT2D eigenvalue weighted by atomic mass is 16.5. The van der Waals surface area contributed by atoms with Gasteiger partial charge in [0.05, 0.1) is 18.4 Å². The summed E-state index contributed by atoms with van der Waals surface area (Å²) in [7, 11) is 1.12. The van der Waals surface area contributed by atoms with Crippen molar-refractivity contribution in [3.8, 4) is 0 Å². The molecule has 0 radical (unpaired) electrons. The molecule has 0 fully saturated rings. The number of amides is 1. The lowest BCUT2D eigenvalue weighted by Crippen LogP contribution is -2.29. The zero-order valence-corrected chi connectivity index (χ0v) is 11.3. The lowest BCUT2D eigenvalue weighted by atomic mass is 9.95. The maximum Gasteiger partial charge on any atom is 0.379 e. The highest BCUT2D eigenvalue weighted by Crippen LogP contribution is 2.20. The van der Waals surface area contributed by atoms with Gasteiger partial charge in [-0.2, -0.15) is 0 Å². The second-order valence-electron chi connectivity index (χ2n) is 4.95. The summed E-state index contributed by atoms with van der Waals surface area (Å²) in [6.45, 7) is 5.22. The van der Waals surface area contributed by atoms with Crippen molar-refractivity contribution in [2.24, 2.45) is 5.41 Å². The number of nitrogens with zero attached hydrogens (tertiary/aromatic N) is 1. The number of ether oxygens (including phenoxy) is 1. The number of esters is 1. The first-order valence-corrected chi connectivity index (χ1v) is 5.65. The number of carbonyl (C=O) groups excluding carboxylic acids is 3. The third-order valence-corrected chi connectivity index (χ3v) is 2.37. The largest absolute Gasteiger partial charge is 0.463 e. The molecule has 6 heteroatoms. The zero-order chi connectivity index (χ0) is 14.6. The minimum atomic E-state index is -1.00. The number of Topliss-reactive ketones (excluding diaryl/α,β-unsaturated/α-hetero) is 1. The molecule has 1 N–H and O–H groups in total. The van der Waals surface area contributed by atoms with Gasteiger partial charge in [-0.25, -0.2) is 4.79 Å². The highest BCUT2D eigenvalue weighted by molar-refractivity contribution is 6.42. The molecule has 1 aromatic heterocycles. The van der Waals surface area contributed by atoms with E-state index in [1.807, 2.05) is 0 Å². The molecule has 0 bridgehead atoms. The van der Waals surface area contributed by atoms with Gasteiger partial charge in [0.1, 0.15) is 0 Å². The molecule has 0 spiro atoms. The normalized spacial score (nSPS) is 10.7. The van der Waals surface area contributed by atoms with Gasteiger partial charge in [0.15, 0.2) is 0 Å². The van der Waals surface area contributed by atoms with E-state index < -0.39 is 17.2 Å². The van der Waals surface area contributed by atoms with Crippen LogP contribution >= 0.6 is 0 Å². The molecule has 0 atom stereocenters. The first-order chi connectivity index (χ1) is 8.77. The molecule has 1 aromatic rings. The Balaban J connectivity index is 3.07. The smallest absolute Gasteiger partial charge is 0.379 e. The molecule has 19 heavy (non-hydrogen) atoms. The minimum Gasteiger partial charge on any atom is -0.463 e. The van der Waals surface area contributed by atoms with Gasteiger partial charge in [-0.3, -0.25) is 14.6 Å². The highest BCUT2D eigenvalue weighted by Gasteiger charge is 2.25. The van der Waals surface area contributed by atoms with Gasteiger partial charge < -0.3 is 10.1 Å². The fourth-order valence-electron chi connectivity index (χ4n) is 1.20. The molecular weight excluding hydrogens is 248 g/mol. The van der Waals surface area contributed by atoms with Crippen LogP contribution in [0.5, 0.6) is 0 Å². The molecule has 1 amide bonds. The van der Waals surface area contributed by atoms with Gasteiger partial charge in [-0.1, -0.05) is 20.8 Å². The Morgan fingerprint density at radius 2 is 1.89 bits per heavy atom. The third-order valence-electron chi connectivity index (χ3n) is 2.37. The number of rotatable bonds is 3. The first kappa shape index (κ1) is 14.8. The second kappa shape index (κ2) is 5.60. The predicted molar refractivity (Wildman–Crippen MR) is 68.7 cm³/mol. The minimum absolute atomic E-state index is 0.00644. The van der Waals surface area contributed by atoms with E-state index in [9.17, 15) is 14.4 Å². The van der Waals surface area contributed by atoms with E-state index in [2.05, 4.69) is 15.0 Å². The average Bonchev–Trinajstić information content (AvgIpc) is 2.36. The molecule has 0 aliphatic heterocycles. The standard InChI is InChI=1S/C13H16N2O4/c1-13(2,3)12(18)15-9-5-6-14-7-8(9)10(16)11(17)19-4/h5-7H,1-4H3,(H,14,15,18). The number of aromatic nitrogens is 1. The summed E-state index contributed by atoms with van der Waals surface area (Å²) in [4.78, 5) is 38.7. The quantitative estimate of drug-likeness (QED) is 0.507. The van der Waals surface area contributed by atoms with E-state index in [1.54, 1.807) is 20.8 Å². The van der Waals surface area contributed by atoms with Crippen LogP contribution < -0.4 is 5.32 Å². The van der Waals surface area contributed by atoms with Crippen LogP contribution in [-0.4, -0.2) is 29.8 Å². The fourth-order valence-corrected chi connectivity index (χ4v) is 1.20. The number of anilines is 1. The Labute approximate surface area is 111 Å². The monoisotopic (exact) mass is 264 g/mol. The Hall–Kier alpha value is -2.24. The summed E-state index contributed by atoms with van der Waals surface area (Å²) in [6.07, 6.45) is 2.64. The van der Waals surface area contributed by atoms with Crippen molar-refractivity contribution in [3.05, 3.63) is 24.0 Å². The van der Waals surface area contributed by atoms with Crippen LogP contribution in [0, 0.1) is 5.41 Å². The fraction of sp³-hybridized carbons (Fsp3) is 0.385. The van der Waals surface area contributed by atoms with Crippen LogP contribution in [0.4, 0.5) is 5.69 Å². The van der Waals surface area contributed by atoms with Crippen molar-refractivity contribution in [2.75, 3.05) is 12.4 Å². The van der Waals surface area contributed by atoms with E-state index in [0.29, 0.717) is 0 Å². The molecule has 0 saturated carbocycles. The van der Waals surface area contributed by atoms with Gasteiger partial charge in [-0.15, -0.1) is 0 Å². The number of carbonyl (C=O) groups is 3. The molecule has 6 nitrogen and oxygen atoms in total. The predicted octanol–water partition coefficient (Wildman–Crippen LogP) is 1.42. The van der Waals surface area contributed by atoms with Gasteiger partial charge in [0, 0.05) is 17.8 Å². The summed E-state index contributed by atoms with van der Waals surface area (Å²) in [5, 5.41) is 2.60. The first-order valence-electron chi connectivity index (χ1n) is 5.65. The number of nitrogens with one attached hydrogen (secondary N) is 1. The Kier molecular flexibility index (Phi) is 4.37. The van der Waals surface area contributed by atoms with Crippen LogP contribution in [0.3, 0.4) is 0 Å². The van der Waals surface area contributed by atoms with E-state index >= 15 is 0 Å². The molecule has 0 aliphatic rings. The van der Waals surface area contributed by atoms with Gasteiger partial charge in [-0.05, 0) is 6.07 Å². The summed E-state index contributed by atoms with van der Waals surface area (Å²) < 4.78 is 4.36. The van der Waals surface area contributed by atoms with Gasteiger partial charge in [0.25, 0.3) is 5.78 Å². The van der Waals surface area contributed by atoms with Crippen LogP contribution in [0.2, 0.25) is 0 Å². The maximum absolute atomic E-state index is 11.9. The van der Waals surface area contributed by atoms with Crippen molar-refractivity contribution < 1.29 is 19.1 Å². The summed E-state index contributed by atoms with van der Waals surface area (Å²) in [5.41, 5.74) is -0.369. The summed E-state index contributed by atoms with van der Waals surface area (Å²) >= 11 is 0. The molecule has 1 rings (SSSR count). The summed E-state index contributed by atoms with van der Waals surface area (Å²) in [5.74, 6) is -2.11. The van der Waals surface area contributed by atoms with Crippen LogP contribution in [0.1, 0.15) is 31.1 Å². The van der Waals surface area contributed by atoms with E-state index in [4.69, 9.17) is 0 Å². The molecule has 1 heterocycles. The third kappa shape index (κ3) is 3.61. The number of hydrogen-bond donors (Lipinski definition) is 1. The number of pyridine rings is 1. The van der Waals surface area contributed by atoms with Gasteiger partial charge in [0.2, 0.25) is 5.91 Å². The zero-order valence-electron chi connectivity index (χ0n) is 11.3. The van der Waals surface area contributed by atoms with E-state index in [1.165, 1.54) is 18.5 Å². The number of ketones is 1. The Morgan fingerprint density at radius 3 is 2.42 bits per heavy atom. The average molecular weight is 264 g/mol. The van der Waals surface area contributed by atoms with Gasteiger partial charge >= 0.3 is 5.97 Å². The molecular formula is C13H16N2O4. The van der Waals surface area contributed by atoms with E-state index in [-0.39, 0.29) is 17.2 Å². The summed E-state index contributed by atoms with van der Waals surface area (Å²) in [6, 6.07) is 1.46.